The number of nitrogen functional groups attached to an aromatic ring is 1. The van der Waals surface area contributed by atoms with Crippen LogP contribution in [0.3, 0.4) is 0 Å². The maximum atomic E-state index is 12.4. The summed E-state index contributed by atoms with van der Waals surface area (Å²) in [6.07, 6.45) is -4.56. The first-order chi connectivity index (χ1) is 7.80. The molecule has 0 fully saturated rings. The van der Waals surface area contributed by atoms with Crippen LogP contribution >= 0.6 is 11.3 Å². The van der Waals surface area contributed by atoms with Crippen LogP contribution in [0, 0.1) is 0 Å². The van der Waals surface area contributed by atoms with E-state index in [9.17, 15) is 18.0 Å². The van der Waals surface area contributed by atoms with Gasteiger partial charge in [0.05, 0.1) is 0 Å². The van der Waals surface area contributed by atoms with Crippen LogP contribution in [0.4, 0.5) is 18.2 Å². The van der Waals surface area contributed by atoms with Gasteiger partial charge in [0.15, 0.2) is 0 Å². The topological polar surface area (TPSA) is 76.2 Å². The number of aromatic nitrogens is 1. The zero-order chi connectivity index (χ0) is 12.8. The minimum atomic E-state index is -4.56. The second-order valence-electron chi connectivity index (χ2n) is 3.19. The van der Waals surface area contributed by atoms with Crippen molar-refractivity contribution in [2.75, 3.05) is 5.73 Å². The molecule has 0 aliphatic heterocycles. The number of carboxylic acid groups (broad SMARTS) is 1. The summed E-state index contributed by atoms with van der Waals surface area (Å²) < 4.78 is 37.1. The average Bonchev–Trinajstić information content (AvgIpc) is 2.50. The highest BCUT2D eigenvalue weighted by atomic mass is 32.1. The fourth-order valence-electron chi connectivity index (χ4n) is 1.37. The molecule has 90 valence electrons. The third-order valence-corrected chi connectivity index (χ3v) is 3.02. The number of alkyl halides is 3. The number of anilines is 1. The fourth-order valence-corrected chi connectivity index (χ4v) is 2.31. The largest absolute Gasteiger partial charge is 0.478 e. The monoisotopic (exact) mass is 262 g/mol. The van der Waals surface area contributed by atoms with Crippen molar-refractivity contribution in [3.63, 3.8) is 0 Å². The van der Waals surface area contributed by atoms with Gasteiger partial charge in [0.1, 0.15) is 21.1 Å². The maximum Gasteiger partial charge on any atom is 0.433 e. The number of hydrogen-bond acceptors (Lipinski definition) is 4. The minimum absolute atomic E-state index is 0.0327. The van der Waals surface area contributed by atoms with Crippen molar-refractivity contribution >= 4 is 32.5 Å². The number of nitrogens with zero attached hydrogens (tertiary/aromatic N) is 1. The number of thiophene rings is 1. The molecule has 17 heavy (non-hydrogen) atoms. The van der Waals surface area contributed by atoms with Gasteiger partial charge in [0.2, 0.25) is 0 Å². The van der Waals surface area contributed by atoms with Crippen molar-refractivity contribution in [3.05, 3.63) is 23.4 Å². The van der Waals surface area contributed by atoms with Gasteiger partial charge in [-0.3, -0.25) is 0 Å². The van der Waals surface area contributed by atoms with E-state index in [0.717, 1.165) is 23.5 Å². The number of fused-ring (bicyclic) bond motifs is 1. The van der Waals surface area contributed by atoms with Crippen LogP contribution in [0.2, 0.25) is 0 Å². The molecule has 4 nitrogen and oxygen atoms in total. The first kappa shape index (κ1) is 11.6. The Morgan fingerprint density at radius 2 is 2.06 bits per heavy atom. The van der Waals surface area contributed by atoms with Gasteiger partial charge >= 0.3 is 12.1 Å². The van der Waals surface area contributed by atoms with Crippen molar-refractivity contribution in [1.82, 2.24) is 4.98 Å². The summed E-state index contributed by atoms with van der Waals surface area (Å²) in [6, 6.07) is 1.81. The van der Waals surface area contributed by atoms with Gasteiger partial charge in [-0.1, -0.05) is 11.3 Å². The van der Waals surface area contributed by atoms with E-state index in [0.29, 0.717) is 0 Å². The Labute approximate surface area is 96.5 Å². The van der Waals surface area contributed by atoms with Crippen LogP contribution in [-0.2, 0) is 6.18 Å². The lowest BCUT2D eigenvalue weighted by molar-refractivity contribution is -0.140. The van der Waals surface area contributed by atoms with Gasteiger partial charge in [0.25, 0.3) is 0 Å². The van der Waals surface area contributed by atoms with Gasteiger partial charge < -0.3 is 10.8 Å². The van der Waals surface area contributed by atoms with Crippen LogP contribution in [0.1, 0.15) is 16.1 Å². The smallest absolute Gasteiger partial charge is 0.433 e. The molecule has 2 aromatic heterocycles. The Morgan fingerprint density at radius 3 is 2.59 bits per heavy atom. The van der Waals surface area contributed by atoms with Crippen molar-refractivity contribution < 1.29 is 23.1 Å². The van der Waals surface area contributed by atoms with Gasteiger partial charge in [0, 0.05) is 5.39 Å². The zero-order valence-electron chi connectivity index (χ0n) is 8.08. The quantitative estimate of drug-likeness (QED) is 0.828. The standard InChI is InChI=1S/C9H5F3N2O2S/c10-9(11,12)4-2-1-3-5(8(15)16)6(13)17-7(3)14-4/h1-2H,13H2,(H,15,16). The molecule has 2 aromatic rings. The molecule has 0 atom stereocenters. The number of nitrogens with two attached hydrogens (primary N) is 1. The number of carboxylic acids is 1. The fraction of sp³-hybridized carbons (Fsp3) is 0.111. The molecule has 0 unspecified atom stereocenters. The highest BCUT2D eigenvalue weighted by Gasteiger charge is 2.33. The number of pyridine rings is 1. The predicted molar refractivity (Wildman–Crippen MR) is 56.0 cm³/mol. The molecule has 0 radical (unpaired) electrons. The molecule has 8 heteroatoms. The van der Waals surface area contributed by atoms with E-state index in [4.69, 9.17) is 10.8 Å². The molecule has 0 aliphatic rings. The second kappa shape index (κ2) is 3.59. The number of carbonyl (C=O) groups is 1. The number of hydrogen-bond donors (Lipinski definition) is 2. The maximum absolute atomic E-state index is 12.4. The lowest BCUT2D eigenvalue weighted by Gasteiger charge is -2.04. The van der Waals surface area contributed by atoms with E-state index in [1.165, 1.54) is 0 Å². The minimum Gasteiger partial charge on any atom is -0.478 e. The first-order valence-electron chi connectivity index (χ1n) is 4.30. The van der Waals surface area contributed by atoms with Gasteiger partial charge in [-0.25, -0.2) is 9.78 Å². The first-order valence-corrected chi connectivity index (χ1v) is 5.12. The molecule has 0 aliphatic carbocycles. The zero-order valence-corrected chi connectivity index (χ0v) is 8.89. The van der Waals surface area contributed by atoms with E-state index >= 15 is 0 Å². The molecule has 0 bridgehead atoms. The predicted octanol–water partition coefficient (Wildman–Crippen LogP) is 2.60. The van der Waals surface area contributed by atoms with E-state index in [1.54, 1.807) is 0 Å². The van der Waals surface area contributed by atoms with E-state index in [-0.39, 0.29) is 20.8 Å². The molecule has 2 rings (SSSR count). The Kier molecular flexibility index (Phi) is 2.46. The van der Waals surface area contributed by atoms with Crippen LogP contribution in [0.25, 0.3) is 10.2 Å². The van der Waals surface area contributed by atoms with Crippen LogP contribution in [0.15, 0.2) is 12.1 Å². The molecule has 3 N–H and O–H groups in total. The molecular formula is C9H5F3N2O2S. The van der Waals surface area contributed by atoms with Gasteiger partial charge in [-0.05, 0) is 12.1 Å². The Balaban J connectivity index is 2.70. The highest BCUT2D eigenvalue weighted by Crippen LogP contribution is 2.35. The molecular weight excluding hydrogens is 257 g/mol. The number of rotatable bonds is 1. The SMILES string of the molecule is Nc1sc2nc(C(F)(F)F)ccc2c1C(=O)O. The lowest BCUT2D eigenvalue weighted by Crippen LogP contribution is -2.07. The Morgan fingerprint density at radius 1 is 1.41 bits per heavy atom. The van der Waals surface area contributed by atoms with Crippen molar-refractivity contribution in [2.24, 2.45) is 0 Å². The summed E-state index contributed by atoms with van der Waals surface area (Å²) in [5.74, 6) is -1.28. The Bertz CT molecular complexity index is 606. The number of aromatic carboxylic acids is 1. The van der Waals surface area contributed by atoms with Gasteiger partial charge in [-0.2, -0.15) is 13.2 Å². The summed E-state index contributed by atoms with van der Waals surface area (Å²) in [6.45, 7) is 0. The molecule has 2 heterocycles. The lowest BCUT2D eigenvalue weighted by atomic mass is 10.2. The van der Waals surface area contributed by atoms with E-state index in [2.05, 4.69) is 4.98 Å². The summed E-state index contributed by atoms with van der Waals surface area (Å²) >= 11 is 0.723. The van der Waals surface area contributed by atoms with E-state index < -0.39 is 17.8 Å². The van der Waals surface area contributed by atoms with E-state index in [1.807, 2.05) is 0 Å². The summed E-state index contributed by atoms with van der Waals surface area (Å²) in [7, 11) is 0. The second-order valence-corrected chi connectivity index (χ2v) is 4.22. The summed E-state index contributed by atoms with van der Waals surface area (Å²) in [4.78, 5) is 14.2. The third kappa shape index (κ3) is 1.91. The van der Waals surface area contributed by atoms with Crippen LogP contribution < -0.4 is 5.73 Å². The highest BCUT2D eigenvalue weighted by molar-refractivity contribution is 7.22. The van der Waals surface area contributed by atoms with Crippen LogP contribution in [0.5, 0.6) is 0 Å². The average molecular weight is 262 g/mol. The summed E-state index contributed by atoms with van der Waals surface area (Å²) in [5.41, 5.74) is 4.16. The Hall–Kier alpha value is -1.83. The summed E-state index contributed by atoms with van der Waals surface area (Å²) in [5, 5.41) is 8.92. The van der Waals surface area contributed by atoms with Gasteiger partial charge in [-0.15, -0.1) is 0 Å². The molecule has 0 aromatic carbocycles. The van der Waals surface area contributed by atoms with Crippen LogP contribution in [-0.4, -0.2) is 16.1 Å². The third-order valence-electron chi connectivity index (χ3n) is 2.09. The van der Waals surface area contributed by atoms with Crippen molar-refractivity contribution in [3.8, 4) is 0 Å². The number of halogens is 3. The van der Waals surface area contributed by atoms with Crippen molar-refractivity contribution in [2.45, 2.75) is 6.18 Å². The van der Waals surface area contributed by atoms with Crippen molar-refractivity contribution in [1.29, 1.82) is 0 Å². The molecule has 0 spiro atoms. The molecule has 0 amide bonds. The molecule has 0 saturated heterocycles. The molecule has 0 saturated carbocycles. The normalized spacial score (nSPS) is 11.9.